The molecular weight excluding hydrogens is 196 g/mol. The Morgan fingerprint density at radius 2 is 2.07 bits per heavy atom. The zero-order chi connectivity index (χ0) is 11.3. The number of aliphatic carboxylic acids is 1. The van der Waals surface area contributed by atoms with E-state index in [1.54, 1.807) is 0 Å². The van der Waals surface area contributed by atoms with Gasteiger partial charge in [0.1, 0.15) is 0 Å². The van der Waals surface area contributed by atoms with Crippen LogP contribution < -0.4 is 5.32 Å². The van der Waals surface area contributed by atoms with Gasteiger partial charge < -0.3 is 10.4 Å². The maximum Gasteiger partial charge on any atom is 0.303 e. The van der Waals surface area contributed by atoms with E-state index in [4.69, 9.17) is 5.11 Å². The summed E-state index contributed by atoms with van der Waals surface area (Å²) in [5.74, 6) is -0.348. The first kappa shape index (κ1) is 11.4. The van der Waals surface area contributed by atoms with Crippen LogP contribution >= 0.6 is 0 Å². The summed E-state index contributed by atoms with van der Waals surface area (Å²) in [5, 5.41) is 19.1. The minimum Gasteiger partial charge on any atom is -0.481 e. The zero-order valence-electron chi connectivity index (χ0n) is 8.82. The molecule has 1 aromatic heterocycles. The van der Waals surface area contributed by atoms with Crippen LogP contribution in [0.2, 0.25) is 0 Å². The Balaban J connectivity index is 2.38. The third-order valence-electron chi connectivity index (χ3n) is 1.94. The Morgan fingerprint density at radius 1 is 1.33 bits per heavy atom. The fraction of sp³-hybridized carbons (Fsp3) is 0.556. The zero-order valence-corrected chi connectivity index (χ0v) is 8.82. The highest BCUT2D eigenvalue weighted by atomic mass is 16.4. The Hall–Kier alpha value is -1.72. The number of hydrogen-bond donors (Lipinski definition) is 2. The second-order valence-corrected chi connectivity index (χ2v) is 3.23. The van der Waals surface area contributed by atoms with Crippen LogP contribution in [0.25, 0.3) is 0 Å². The van der Waals surface area contributed by atoms with Crippen LogP contribution in [0.5, 0.6) is 0 Å². The van der Waals surface area contributed by atoms with Crippen molar-refractivity contribution in [3.8, 4) is 0 Å². The summed E-state index contributed by atoms with van der Waals surface area (Å²) in [4.78, 5) is 14.4. The molecule has 0 aliphatic heterocycles. The Kier molecular flexibility index (Phi) is 3.96. The molecule has 0 unspecified atom stereocenters. The molecule has 1 rings (SSSR count). The van der Waals surface area contributed by atoms with Gasteiger partial charge in [0.15, 0.2) is 0 Å². The van der Waals surface area contributed by atoms with E-state index in [-0.39, 0.29) is 6.42 Å². The van der Waals surface area contributed by atoms with E-state index in [2.05, 4.69) is 20.5 Å². The van der Waals surface area contributed by atoms with Gasteiger partial charge in [-0.15, -0.1) is 5.10 Å². The fourth-order valence-corrected chi connectivity index (χ4v) is 0.972. The van der Waals surface area contributed by atoms with E-state index in [1.165, 1.54) is 0 Å². The normalized spacial score (nSPS) is 10.0. The van der Waals surface area contributed by atoms with E-state index in [1.807, 2.05) is 13.8 Å². The van der Waals surface area contributed by atoms with E-state index >= 15 is 0 Å². The smallest absolute Gasteiger partial charge is 0.303 e. The molecule has 0 bridgehead atoms. The van der Waals surface area contributed by atoms with Crippen LogP contribution in [-0.2, 0) is 4.79 Å². The van der Waals surface area contributed by atoms with Gasteiger partial charge in [0.05, 0.1) is 11.4 Å². The number of hydrogen-bond acceptors (Lipinski definition) is 5. The molecule has 1 heterocycles. The summed E-state index contributed by atoms with van der Waals surface area (Å²) in [6.07, 6.45) is 0.691. The lowest BCUT2D eigenvalue weighted by Crippen LogP contribution is -2.09. The number of nitrogens with one attached hydrogen (secondary N) is 1. The summed E-state index contributed by atoms with van der Waals surface area (Å²) in [5.41, 5.74) is 1.62. The predicted octanol–water partition coefficient (Wildman–Crippen LogP) is 0.765. The summed E-state index contributed by atoms with van der Waals surface area (Å²) >= 11 is 0. The van der Waals surface area contributed by atoms with Gasteiger partial charge in [0.25, 0.3) is 0 Å². The number of aryl methyl sites for hydroxylation is 2. The number of aromatic nitrogens is 3. The molecule has 0 spiro atoms. The van der Waals surface area contributed by atoms with Gasteiger partial charge in [0, 0.05) is 13.0 Å². The lowest BCUT2D eigenvalue weighted by Gasteiger charge is -2.04. The van der Waals surface area contributed by atoms with Crippen LogP contribution in [-0.4, -0.2) is 32.8 Å². The first-order chi connectivity index (χ1) is 7.09. The summed E-state index contributed by atoms with van der Waals surface area (Å²) < 4.78 is 0. The van der Waals surface area contributed by atoms with E-state index in [0.717, 1.165) is 11.4 Å². The van der Waals surface area contributed by atoms with Gasteiger partial charge in [0.2, 0.25) is 5.95 Å². The molecule has 0 amide bonds. The van der Waals surface area contributed by atoms with Crippen molar-refractivity contribution in [2.45, 2.75) is 26.7 Å². The van der Waals surface area contributed by atoms with Crippen LogP contribution in [0.3, 0.4) is 0 Å². The monoisotopic (exact) mass is 210 g/mol. The van der Waals surface area contributed by atoms with Gasteiger partial charge in [-0.05, 0) is 20.3 Å². The van der Waals surface area contributed by atoms with Crippen molar-refractivity contribution in [3.05, 3.63) is 11.4 Å². The van der Waals surface area contributed by atoms with Crippen LogP contribution in [0.4, 0.5) is 5.95 Å². The summed E-state index contributed by atoms with van der Waals surface area (Å²) in [6.45, 7) is 4.23. The highest BCUT2D eigenvalue weighted by Gasteiger charge is 2.01. The Morgan fingerprint density at radius 3 is 2.67 bits per heavy atom. The van der Waals surface area contributed by atoms with Gasteiger partial charge >= 0.3 is 5.97 Å². The molecular formula is C9H14N4O2. The van der Waals surface area contributed by atoms with Crippen LogP contribution in [0, 0.1) is 13.8 Å². The van der Waals surface area contributed by atoms with E-state index in [9.17, 15) is 4.79 Å². The molecule has 0 aliphatic rings. The van der Waals surface area contributed by atoms with Crippen LogP contribution in [0.1, 0.15) is 24.2 Å². The second kappa shape index (κ2) is 5.23. The summed E-state index contributed by atoms with van der Waals surface area (Å²) in [7, 11) is 0. The fourth-order valence-electron chi connectivity index (χ4n) is 0.972. The number of carbonyl (C=O) groups is 1. The molecule has 82 valence electrons. The molecule has 6 heteroatoms. The topological polar surface area (TPSA) is 88.0 Å². The molecule has 0 fully saturated rings. The average Bonchev–Trinajstić information content (AvgIpc) is 2.18. The number of carboxylic acids is 1. The molecule has 6 nitrogen and oxygen atoms in total. The number of nitrogens with zero attached hydrogens (tertiary/aromatic N) is 3. The molecule has 2 N–H and O–H groups in total. The molecule has 0 aliphatic carbocycles. The standard InChI is InChI=1S/C9H14N4O2/c1-6-7(2)12-13-9(11-6)10-5-3-4-8(14)15/h3-5H2,1-2H3,(H,14,15)(H,10,11,13). The third-order valence-corrected chi connectivity index (χ3v) is 1.94. The third kappa shape index (κ3) is 3.88. The Bertz CT molecular complexity index is 354. The molecule has 15 heavy (non-hydrogen) atoms. The largest absolute Gasteiger partial charge is 0.481 e. The van der Waals surface area contributed by atoms with Crippen molar-refractivity contribution < 1.29 is 9.90 Å². The number of carboxylic acid groups (broad SMARTS) is 1. The minimum absolute atomic E-state index is 0.144. The van der Waals surface area contributed by atoms with Gasteiger partial charge in [-0.25, -0.2) is 4.98 Å². The van der Waals surface area contributed by atoms with Crippen molar-refractivity contribution in [2.24, 2.45) is 0 Å². The number of anilines is 1. The molecule has 1 aromatic rings. The van der Waals surface area contributed by atoms with Crippen molar-refractivity contribution in [2.75, 3.05) is 11.9 Å². The average molecular weight is 210 g/mol. The Labute approximate surface area is 87.8 Å². The summed E-state index contributed by atoms with van der Waals surface area (Å²) in [6, 6.07) is 0. The molecule has 0 aromatic carbocycles. The number of rotatable bonds is 5. The van der Waals surface area contributed by atoms with Crippen molar-refractivity contribution in [3.63, 3.8) is 0 Å². The highest BCUT2D eigenvalue weighted by Crippen LogP contribution is 2.02. The first-order valence-corrected chi connectivity index (χ1v) is 4.73. The minimum atomic E-state index is -0.795. The highest BCUT2D eigenvalue weighted by molar-refractivity contribution is 5.66. The van der Waals surface area contributed by atoms with Crippen molar-refractivity contribution >= 4 is 11.9 Å². The predicted molar refractivity (Wildman–Crippen MR) is 54.7 cm³/mol. The van der Waals surface area contributed by atoms with E-state index < -0.39 is 5.97 Å². The van der Waals surface area contributed by atoms with E-state index in [0.29, 0.717) is 18.9 Å². The van der Waals surface area contributed by atoms with Crippen molar-refractivity contribution in [1.29, 1.82) is 0 Å². The quantitative estimate of drug-likeness (QED) is 0.698. The van der Waals surface area contributed by atoms with Gasteiger partial charge in [-0.2, -0.15) is 5.10 Å². The van der Waals surface area contributed by atoms with Crippen LogP contribution in [0.15, 0.2) is 0 Å². The maximum atomic E-state index is 10.2. The van der Waals surface area contributed by atoms with Gasteiger partial charge in [-0.3, -0.25) is 4.79 Å². The molecule has 0 saturated heterocycles. The first-order valence-electron chi connectivity index (χ1n) is 4.73. The lowest BCUT2D eigenvalue weighted by molar-refractivity contribution is -0.137. The maximum absolute atomic E-state index is 10.2. The molecule has 0 atom stereocenters. The van der Waals surface area contributed by atoms with Gasteiger partial charge in [-0.1, -0.05) is 0 Å². The molecule has 0 radical (unpaired) electrons. The lowest BCUT2D eigenvalue weighted by atomic mass is 10.3. The molecule has 0 saturated carbocycles. The van der Waals surface area contributed by atoms with Crippen molar-refractivity contribution in [1.82, 2.24) is 15.2 Å². The second-order valence-electron chi connectivity index (χ2n) is 3.23. The SMILES string of the molecule is Cc1nnc(NCCCC(=O)O)nc1C.